The lowest BCUT2D eigenvalue weighted by Gasteiger charge is -2.15. The number of aromatic nitrogens is 1. The first-order valence-corrected chi connectivity index (χ1v) is 7.81. The number of carbonyl (C=O) groups excluding carboxylic acids is 2. The monoisotopic (exact) mass is 334 g/mol. The zero-order valence-electron chi connectivity index (χ0n) is 12.6. The second kappa shape index (κ2) is 8.14. The maximum absolute atomic E-state index is 12.1. The molecule has 0 saturated carbocycles. The standard InChI is InChI=1S/C15H18N4O3S/c1-22-14-5-4-10(9-18-14)8-17-13(20)7-11(19-15(16)21)12-3-2-6-23-12/h2-6,9,11H,7-8H2,1H3,(H,17,20)(H3,16,19,21)/t11-/m1/s1. The zero-order valence-corrected chi connectivity index (χ0v) is 13.4. The van der Waals surface area contributed by atoms with E-state index in [4.69, 9.17) is 10.5 Å². The molecule has 1 atom stereocenters. The molecule has 0 aromatic carbocycles. The number of pyridine rings is 1. The van der Waals surface area contributed by atoms with Crippen LogP contribution in [0, 0.1) is 0 Å². The van der Waals surface area contributed by atoms with E-state index < -0.39 is 12.1 Å². The van der Waals surface area contributed by atoms with E-state index in [9.17, 15) is 9.59 Å². The van der Waals surface area contributed by atoms with Crippen LogP contribution in [0.1, 0.15) is 22.9 Å². The first kappa shape index (κ1) is 16.8. The Kier molecular flexibility index (Phi) is 5.93. The fraction of sp³-hybridized carbons (Fsp3) is 0.267. The summed E-state index contributed by atoms with van der Waals surface area (Å²) < 4.78 is 4.98. The fourth-order valence-corrected chi connectivity index (χ4v) is 2.76. The van der Waals surface area contributed by atoms with Gasteiger partial charge in [0.25, 0.3) is 0 Å². The molecule has 0 aliphatic rings. The average Bonchev–Trinajstić information content (AvgIpc) is 3.07. The van der Waals surface area contributed by atoms with Crippen molar-refractivity contribution in [3.63, 3.8) is 0 Å². The van der Waals surface area contributed by atoms with Crippen LogP contribution < -0.4 is 21.1 Å². The highest BCUT2D eigenvalue weighted by atomic mass is 32.1. The number of thiophene rings is 1. The molecule has 0 aliphatic heterocycles. The highest BCUT2D eigenvalue weighted by Gasteiger charge is 2.18. The molecule has 2 aromatic heterocycles. The first-order valence-electron chi connectivity index (χ1n) is 6.93. The van der Waals surface area contributed by atoms with Crippen LogP contribution in [0.3, 0.4) is 0 Å². The normalized spacial score (nSPS) is 11.5. The van der Waals surface area contributed by atoms with E-state index in [1.54, 1.807) is 19.4 Å². The van der Waals surface area contributed by atoms with Crippen LogP contribution in [0.5, 0.6) is 5.88 Å². The van der Waals surface area contributed by atoms with Gasteiger partial charge in [-0.1, -0.05) is 12.1 Å². The number of methoxy groups -OCH3 is 1. The number of nitrogens with two attached hydrogens (primary N) is 1. The van der Waals surface area contributed by atoms with Gasteiger partial charge in [-0.25, -0.2) is 9.78 Å². The van der Waals surface area contributed by atoms with Crippen molar-refractivity contribution < 1.29 is 14.3 Å². The minimum absolute atomic E-state index is 0.118. The van der Waals surface area contributed by atoms with Crippen molar-refractivity contribution in [1.29, 1.82) is 0 Å². The van der Waals surface area contributed by atoms with E-state index in [1.807, 2.05) is 23.6 Å². The Balaban J connectivity index is 1.89. The van der Waals surface area contributed by atoms with Crippen LogP contribution in [-0.4, -0.2) is 24.0 Å². The maximum atomic E-state index is 12.1. The predicted molar refractivity (Wildman–Crippen MR) is 87.0 cm³/mol. The molecule has 3 amide bonds. The van der Waals surface area contributed by atoms with E-state index >= 15 is 0 Å². The third-order valence-electron chi connectivity index (χ3n) is 3.09. The van der Waals surface area contributed by atoms with Gasteiger partial charge in [0.2, 0.25) is 11.8 Å². The fourth-order valence-electron chi connectivity index (χ4n) is 1.98. The van der Waals surface area contributed by atoms with Gasteiger partial charge in [0.1, 0.15) is 0 Å². The summed E-state index contributed by atoms with van der Waals surface area (Å²) in [6, 6.07) is 6.18. The topological polar surface area (TPSA) is 106 Å². The van der Waals surface area contributed by atoms with Gasteiger partial charge in [-0.05, 0) is 17.0 Å². The number of hydrogen-bond acceptors (Lipinski definition) is 5. The highest BCUT2D eigenvalue weighted by molar-refractivity contribution is 7.10. The van der Waals surface area contributed by atoms with Gasteiger partial charge in [-0.15, -0.1) is 11.3 Å². The SMILES string of the molecule is COc1ccc(CNC(=O)C[C@@H](NC(N)=O)c2cccs2)cn1. The summed E-state index contributed by atoms with van der Waals surface area (Å²) in [5.41, 5.74) is 6.03. The number of hydrogen-bond donors (Lipinski definition) is 3. The van der Waals surface area contributed by atoms with Gasteiger partial charge in [0.15, 0.2) is 0 Å². The highest BCUT2D eigenvalue weighted by Crippen LogP contribution is 2.21. The van der Waals surface area contributed by atoms with E-state index in [-0.39, 0.29) is 12.3 Å². The quantitative estimate of drug-likeness (QED) is 0.714. The lowest BCUT2D eigenvalue weighted by Crippen LogP contribution is -2.36. The lowest BCUT2D eigenvalue weighted by atomic mass is 10.1. The number of ether oxygens (including phenoxy) is 1. The van der Waals surface area contributed by atoms with Crippen molar-refractivity contribution in [3.8, 4) is 5.88 Å². The van der Waals surface area contributed by atoms with Crippen LogP contribution in [0.2, 0.25) is 0 Å². The molecule has 122 valence electrons. The summed E-state index contributed by atoms with van der Waals surface area (Å²) in [5.74, 6) is 0.330. The van der Waals surface area contributed by atoms with Gasteiger partial charge in [0.05, 0.1) is 19.6 Å². The van der Waals surface area contributed by atoms with Crippen LogP contribution in [0.25, 0.3) is 0 Å². The third kappa shape index (κ3) is 5.26. The minimum atomic E-state index is -0.657. The first-order chi connectivity index (χ1) is 11.1. The summed E-state index contributed by atoms with van der Waals surface area (Å²) in [4.78, 5) is 28.1. The molecule has 4 N–H and O–H groups in total. The van der Waals surface area contributed by atoms with Gasteiger partial charge in [0, 0.05) is 23.7 Å². The van der Waals surface area contributed by atoms with Crippen LogP contribution in [0.15, 0.2) is 35.8 Å². The lowest BCUT2D eigenvalue weighted by molar-refractivity contribution is -0.121. The Morgan fingerprint density at radius 3 is 2.78 bits per heavy atom. The molecule has 23 heavy (non-hydrogen) atoms. The molecule has 0 unspecified atom stereocenters. The Morgan fingerprint density at radius 2 is 2.22 bits per heavy atom. The van der Waals surface area contributed by atoms with E-state index in [1.165, 1.54) is 11.3 Å². The number of nitrogens with one attached hydrogen (secondary N) is 2. The van der Waals surface area contributed by atoms with E-state index in [2.05, 4.69) is 15.6 Å². The molecule has 2 rings (SSSR count). The van der Waals surface area contributed by atoms with Gasteiger partial charge < -0.3 is 21.1 Å². The van der Waals surface area contributed by atoms with Crippen molar-refractivity contribution in [1.82, 2.24) is 15.6 Å². The zero-order chi connectivity index (χ0) is 16.7. The number of nitrogens with zero attached hydrogens (tertiary/aromatic N) is 1. The Labute approximate surface area is 137 Å². The number of urea groups is 1. The molecule has 0 aliphatic carbocycles. The van der Waals surface area contributed by atoms with Gasteiger partial charge >= 0.3 is 6.03 Å². The second-order valence-corrected chi connectivity index (χ2v) is 5.75. The minimum Gasteiger partial charge on any atom is -0.481 e. The summed E-state index contributed by atoms with van der Waals surface area (Å²) in [6.45, 7) is 0.351. The van der Waals surface area contributed by atoms with Crippen molar-refractivity contribution in [2.24, 2.45) is 5.73 Å². The summed E-state index contributed by atoms with van der Waals surface area (Å²) in [6.07, 6.45) is 1.75. The number of primary amides is 1. The molecule has 2 heterocycles. The summed E-state index contributed by atoms with van der Waals surface area (Å²) in [5, 5.41) is 7.26. The van der Waals surface area contributed by atoms with Gasteiger partial charge in [-0.2, -0.15) is 0 Å². The van der Waals surface area contributed by atoms with E-state index in [0.29, 0.717) is 12.4 Å². The Bertz CT molecular complexity index is 643. The summed E-state index contributed by atoms with van der Waals surface area (Å²) >= 11 is 1.46. The molecule has 7 nitrogen and oxygen atoms in total. The maximum Gasteiger partial charge on any atom is 0.312 e. The van der Waals surface area contributed by atoms with Crippen molar-refractivity contribution in [2.45, 2.75) is 19.0 Å². The average molecular weight is 334 g/mol. The van der Waals surface area contributed by atoms with Crippen molar-refractivity contribution in [3.05, 3.63) is 46.3 Å². The molecular formula is C15H18N4O3S. The Hall–Kier alpha value is -2.61. The smallest absolute Gasteiger partial charge is 0.312 e. The molecule has 0 spiro atoms. The van der Waals surface area contributed by atoms with Crippen LogP contribution in [-0.2, 0) is 11.3 Å². The molecule has 2 aromatic rings. The molecule has 0 fully saturated rings. The number of amides is 3. The molecular weight excluding hydrogens is 316 g/mol. The summed E-state index contributed by atoms with van der Waals surface area (Å²) in [7, 11) is 1.54. The predicted octanol–water partition coefficient (Wildman–Crippen LogP) is 1.57. The molecule has 0 radical (unpaired) electrons. The molecule has 8 heteroatoms. The third-order valence-corrected chi connectivity index (χ3v) is 4.08. The molecule has 0 saturated heterocycles. The van der Waals surface area contributed by atoms with Crippen molar-refractivity contribution in [2.75, 3.05) is 7.11 Å². The number of rotatable bonds is 7. The number of carbonyl (C=O) groups is 2. The van der Waals surface area contributed by atoms with Crippen LogP contribution >= 0.6 is 11.3 Å². The Morgan fingerprint density at radius 1 is 1.39 bits per heavy atom. The van der Waals surface area contributed by atoms with E-state index in [0.717, 1.165) is 10.4 Å². The van der Waals surface area contributed by atoms with Crippen molar-refractivity contribution >= 4 is 23.3 Å². The largest absolute Gasteiger partial charge is 0.481 e. The van der Waals surface area contributed by atoms with Gasteiger partial charge in [-0.3, -0.25) is 4.79 Å². The molecule has 0 bridgehead atoms. The second-order valence-electron chi connectivity index (χ2n) is 4.77. The van der Waals surface area contributed by atoms with Crippen LogP contribution in [0.4, 0.5) is 4.79 Å².